The van der Waals surface area contributed by atoms with E-state index in [9.17, 15) is 0 Å². The molecule has 3 rings (SSSR count). The number of hydrogen-bond acceptors (Lipinski definition) is 2. The molecule has 20 heavy (non-hydrogen) atoms. The first-order valence-electron chi connectivity index (χ1n) is 6.33. The molecule has 104 valence electrons. The van der Waals surface area contributed by atoms with E-state index >= 15 is 0 Å². The van der Waals surface area contributed by atoms with Crippen molar-refractivity contribution >= 4 is 61.0 Å². The molecule has 2 atom stereocenters. The van der Waals surface area contributed by atoms with Gasteiger partial charge in [0.15, 0.2) is 0 Å². The monoisotopic (exact) mass is 428 g/mol. The molecule has 0 aromatic heterocycles. The first-order valence-corrected chi connectivity index (χ1v) is 10.4. The van der Waals surface area contributed by atoms with Crippen LogP contribution in [-0.4, -0.2) is 12.5 Å². The minimum atomic E-state index is 0.452. The fourth-order valence-corrected chi connectivity index (χ4v) is 5.38. The van der Waals surface area contributed by atoms with Crippen molar-refractivity contribution in [3.05, 3.63) is 60.7 Å². The van der Waals surface area contributed by atoms with Gasteiger partial charge in [0, 0.05) is 25.0 Å². The van der Waals surface area contributed by atoms with E-state index in [2.05, 4.69) is 80.8 Å². The maximum Gasteiger partial charge on any atom is 0.0440 e. The lowest BCUT2D eigenvalue weighted by Crippen LogP contribution is -2.06. The molecule has 1 aromatic rings. The van der Waals surface area contributed by atoms with Crippen molar-refractivity contribution in [2.45, 2.75) is 5.92 Å². The summed E-state index contributed by atoms with van der Waals surface area (Å²) in [4.78, 5) is 0. The van der Waals surface area contributed by atoms with Gasteiger partial charge in [-0.3, -0.25) is 0 Å². The Balaban J connectivity index is 2.25. The van der Waals surface area contributed by atoms with Crippen LogP contribution in [0.3, 0.4) is 0 Å². The molecule has 2 aliphatic carbocycles. The Morgan fingerprint density at radius 1 is 1.10 bits per heavy atom. The highest BCUT2D eigenvalue weighted by Crippen LogP contribution is 2.54. The van der Waals surface area contributed by atoms with Crippen molar-refractivity contribution in [2.24, 2.45) is 5.92 Å². The molecular formula is C16H14Br2S2. The van der Waals surface area contributed by atoms with Gasteiger partial charge in [-0.05, 0) is 41.3 Å². The topological polar surface area (TPSA) is 0 Å². The second-order valence-corrected chi connectivity index (χ2v) is 8.53. The Morgan fingerprint density at radius 3 is 2.55 bits per heavy atom. The zero-order valence-electron chi connectivity index (χ0n) is 11.2. The lowest BCUT2D eigenvalue weighted by molar-refractivity contribution is 0.751. The fraction of sp³-hybridized carbons (Fsp3) is 0.250. The van der Waals surface area contributed by atoms with Crippen molar-refractivity contribution in [1.82, 2.24) is 0 Å². The Hall–Kier alpha value is 0.1000. The van der Waals surface area contributed by atoms with Crippen LogP contribution in [0.4, 0.5) is 0 Å². The molecule has 4 heteroatoms. The lowest BCUT2D eigenvalue weighted by Gasteiger charge is -2.20. The summed E-state index contributed by atoms with van der Waals surface area (Å²) in [5, 5.41) is 0. The summed E-state index contributed by atoms with van der Waals surface area (Å²) in [6.07, 6.45) is 11.2. The molecular weight excluding hydrogens is 416 g/mol. The Kier molecular flexibility index (Phi) is 4.56. The number of allylic oxidation sites excluding steroid dienone is 5. The van der Waals surface area contributed by atoms with Gasteiger partial charge in [0.05, 0.1) is 0 Å². The summed E-state index contributed by atoms with van der Waals surface area (Å²) in [5.74, 6) is 0.928. The Morgan fingerprint density at radius 2 is 1.85 bits per heavy atom. The van der Waals surface area contributed by atoms with Gasteiger partial charge in [0.1, 0.15) is 0 Å². The van der Waals surface area contributed by atoms with Crippen LogP contribution in [0, 0.1) is 5.92 Å². The van der Waals surface area contributed by atoms with Crippen molar-refractivity contribution < 1.29 is 0 Å². The quantitative estimate of drug-likeness (QED) is 0.532. The molecule has 0 bridgehead atoms. The SMILES string of the molecule is CSC(SC)=C1c2cc(Br)ccc2C2C=CC(Br)=CC12. The van der Waals surface area contributed by atoms with Gasteiger partial charge in [0.25, 0.3) is 0 Å². The molecule has 0 N–H and O–H groups in total. The molecule has 2 unspecified atom stereocenters. The molecule has 0 heterocycles. The average Bonchev–Trinajstić information content (AvgIpc) is 2.74. The Labute approximate surface area is 145 Å². The van der Waals surface area contributed by atoms with Gasteiger partial charge < -0.3 is 0 Å². The van der Waals surface area contributed by atoms with E-state index in [0.717, 1.165) is 4.47 Å². The van der Waals surface area contributed by atoms with Crippen molar-refractivity contribution in [3.63, 3.8) is 0 Å². The predicted molar refractivity (Wildman–Crippen MR) is 100 cm³/mol. The van der Waals surface area contributed by atoms with Crippen LogP contribution in [0.2, 0.25) is 0 Å². The van der Waals surface area contributed by atoms with E-state index in [0.29, 0.717) is 11.8 Å². The van der Waals surface area contributed by atoms with Gasteiger partial charge in [-0.1, -0.05) is 56.2 Å². The molecule has 0 saturated carbocycles. The summed E-state index contributed by atoms with van der Waals surface area (Å²) in [6, 6.07) is 6.68. The first-order chi connectivity index (χ1) is 9.65. The van der Waals surface area contributed by atoms with E-state index < -0.39 is 0 Å². The molecule has 0 fully saturated rings. The number of rotatable bonds is 2. The van der Waals surface area contributed by atoms with Gasteiger partial charge in [-0.25, -0.2) is 0 Å². The third-order valence-corrected chi connectivity index (χ3v) is 6.98. The molecule has 1 aromatic carbocycles. The van der Waals surface area contributed by atoms with Crippen molar-refractivity contribution in [1.29, 1.82) is 0 Å². The second kappa shape index (κ2) is 6.07. The smallest absolute Gasteiger partial charge is 0.0440 e. The fourth-order valence-electron chi connectivity index (χ4n) is 2.99. The molecule has 0 aliphatic heterocycles. The molecule has 0 spiro atoms. The van der Waals surface area contributed by atoms with Crippen LogP contribution in [0.25, 0.3) is 5.57 Å². The summed E-state index contributed by atoms with van der Waals surface area (Å²) in [6.45, 7) is 0. The standard InChI is InChI=1S/C16H14Br2S2/c1-19-16(20-2)15-13-7-9(17)3-5-11(13)12-6-4-10(18)8-14(12)15/h3-8,11,13H,1-2H3. The van der Waals surface area contributed by atoms with Crippen LogP contribution in [0.1, 0.15) is 17.0 Å². The maximum atomic E-state index is 3.63. The normalized spacial score (nSPS) is 23.4. The summed E-state index contributed by atoms with van der Waals surface area (Å²) < 4.78 is 3.76. The third kappa shape index (κ3) is 2.49. The summed E-state index contributed by atoms with van der Waals surface area (Å²) in [5.41, 5.74) is 4.32. The summed E-state index contributed by atoms with van der Waals surface area (Å²) >= 11 is 11.0. The number of hydrogen-bond donors (Lipinski definition) is 0. The molecule has 0 saturated heterocycles. The van der Waals surface area contributed by atoms with E-state index in [-0.39, 0.29) is 0 Å². The van der Waals surface area contributed by atoms with Gasteiger partial charge in [0.2, 0.25) is 0 Å². The minimum Gasteiger partial charge on any atom is -0.122 e. The van der Waals surface area contributed by atoms with Crippen LogP contribution in [0.15, 0.2) is 49.6 Å². The molecule has 0 radical (unpaired) electrons. The third-order valence-electron chi connectivity index (χ3n) is 3.78. The second-order valence-electron chi connectivity index (χ2n) is 4.80. The zero-order valence-corrected chi connectivity index (χ0v) is 16.0. The van der Waals surface area contributed by atoms with Crippen molar-refractivity contribution in [3.8, 4) is 0 Å². The van der Waals surface area contributed by atoms with E-state index in [1.807, 2.05) is 23.5 Å². The van der Waals surface area contributed by atoms with E-state index in [4.69, 9.17) is 0 Å². The van der Waals surface area contributed by atoms with E-state index in [1.54, 1.807) is 0 Å². The largest absolute Gasteiger partial charge is 0.122 e. The van der Waals surface area contributed by atoms with E-state index in [1.165, 1.54) is 25.4 Å². The number of halogens is 2. The highest BCUT2D eigenvalue weighted by molar-refractivity contribution is 9.12. The number of thioether (sulfide) groups is 2. The predicted octanol–water partition coefficient (Wildman–Crippen LogP) is 6.41. The van der Waals surface area contributed by atoms with Gasteiger partial charge >= 0.3 is 0 Å². The van der Waals surface area contributed by atoms with Gasteiger partial charge in [-0.2, -0.15) is 0 Å². The highest BCUT2D eigenvalue weighted by atomic mass is 79.9. The van der Waals surface area contributed by atoms with Crippen LogP contribution in [0.5, 0.6) is 0 Å². The van der Waals surface area contributed by atoms with Gasteiger partial charge in [-0.15, -0.1) is 23.5 Å². The summed E-state index contributed by atoms with van der Waals surface area (Å²) in [7, 11) is 0. The van der Waals surface area contributed by atoms with Crippen LogP contribution >= 0.6 is 55.4 Å². The Bertz CT molecular complexity index is 638. The molecule has 0 nitrogen and oxygen atoms in total. The zero-order chi connectivity index (χ0) is 14.3. The minimum absolute atomic E-state index is 0.452. The highest BCUT2D eigenvalue weighted by Gasteiger charge is 2.37. The maximum absolute atomic E-state index is 3.63. The van der Waals surface area contributed by atoms with Crippen molar-refractivity contribution in [2.75, 3.05) is 12.5 Å². The number of benzene rings is 1. The molecule has 2 aliphatic rings. The number of fused-ring (bicyclic) bond motifs is 3. The molecule has 0 amide bonds. The first kappa shape index (κ1) is 15.0. The lowest BCUT2D eigenvalue weighted by atomic mass is 9.87. The van der Waals surface area contributed by atoms with Crippen LogP contribution in [-0.2, 0) is 0 Å². The van der Waals surface area contributed by atoms with Crippen LogP contribution < -0.4 is 0 Å². The average molecular weight is 430 g/mol.